The van der Waals surface area contributed by atoms with Crippen molar-refractivity contribution in [1.82, 2.24) is 5.32 Å². The van der Waals surface area contributed by atoms with Crippen LogP contribution in [0, 0.1) is 0 Å². The second-order valence-electron chi connectivity index (χ2n) is 4.39. The van der Waals surface area contributed by atoms with Crippen molar-refractivity contribution < 1.29 is 9.15 Å². The maximum absolute atomic E-state index is 5.68. The van der Waals surface area contributed by atoms with E-state index in [0.717, 1.165) is 31.8 Å². The van der Waals surface area contributed by atoms with E-state index in [9.17, 15) is 0 Å². The van der Waals surface area contributed by atoms with Crippen LogP contribution in [0.3, 0.4) is 0 Å². The summed E-state index contributed by atoms with van der Waals surface area (Å²) >= 11 is 0. The lowest BCUT2D eigenvalue weighted by Crippen LogP contribution is -2.25. The molecule has 3 heteroatoms. The first-order valence-corrected chi connectivity index (χ1v) is 6.28. The third kappa shape index (κ3) is 3.09. The van der Waals surface area contributed by atoms with Gasteiger partial charge in [-0.15, -0.1) is 0 Å². The molecule has 90 valence electrons. The second kappa shape index (κ2) is 6.06. The fraction of sp³-hybridized carbons (Fsp3) is 0.692. The molecular weight excluding hydrogens is 202 g/mol. The first-order valence-electron chi connectivity index (χ1n) is 6.28. The Bertz CT molecular complexity index is 278. The number of rotatable bonds is 6. The van der Waals surface area contributed by atoms with E-state index in [1.165, 1.54) is 12.8 Å². The first-order chi connectivity index (χ1) is 7.90. The predicted molar refractivity (Wildman–Crippen MR) is 63.3 cm³/mol. The SMILES string of the molecule is CCCNC(CC1CCCO1)c1ccco1. The molecule has 1 fully saturated rings. The first kappa shape index (κ1) is 11.7. The summed E-state index contributed by atoms with van der Waals surface area (Å²) in [5.74, 6) is 1.03. The monoisotopic (exact) mass is 223 g/mol. The van der Waals surface area contributed by atoms with E-state index in [0.29, 0.717) is 12.1 Å². The van der Waals surface area contributed by atoms with Gasteiger partial charge >= 0.3 is 0 Å². The van der Waals surface area contributed by atoms with E-state index in [-0.39, 0.29) is 0 Å². The highest BCUT2D eigenvalue weighted by atomic mass is 16.5. The van der Waals surface area contributed by atoms with Crippen LogP contribution in [0.1, 0.15) is 44.4 Å². The Labute approximate surface area is 97.2 Å². The van der Waals surface area contributed by atoms with Gasteiger partial charge in [0.05, 0.1) is 18.4 Å². The van der Waals surface area contributed by atoms with Crippen molar-refractivity contribution in [3.63, 3.8) is 0 Å². The van der Waals surface area contributed by atoms with Gasteiger partial charge in [-0.2, -0.15) is 0 Å². The Hall–Kier alpha value is -0.800. The molecule has 1 aliphatic heterocycles. The molecule has 1 N–H and O–H groups in total. The maximum atomic E-state index is 5.68. The highest BCUT2D eigenvalue weighted by molar-refractivity contribution is 5.05. The number of nitrogens with one attached hydrogen (secondary N) is 1. The molecule has 0 saturated carbocycles. The zero-order valence-electron chi connectivity index (χ0n) is 9.95. The van der Waals surface area contributed by atoms with Crippen LogP contribution in [-0.4, -0.2) is 19.3 Å². The van der Waals surface area contributed by atoms with Crippen molar-refractivity contribution in [3.05, 3.63) is 24.2 Å². The van der Waals surface area contributed by atoms with Crippen LogP contribution in [-0.2, 0) is 4.74 Å². The third-order valence-corrected chi connectivity index (χ3v) is 3.05. The smallest absolute Gasteiger partial charge is 0.120 e. The van der Waals surface area contributed by atoms with E-state index in [1.54, 1.807) is 6.26 Å². The third-order valence-electron chi connectivity index (χ3n) is 3.05. The summed E-state index contributed by atoms with van der Waals surface area (Å²) in [5, 5.41) is 3.52. The predicted octanol–water partition coefficient (Wildman–Crippen LogP) is 2.89. The topological polar surface area (TPSA) is 34.4 Å². The quantitative estimate of drug-likeness (QED) is 0.805. The molecule has 0 aromatic carbocycles. The number of hydrogen-bond donors (Lipinski definition) is 1. The van der Waals surface area contributed by atoms with Crippen molar-refractivity contribution in [2.45, 2.75) is 44.8 Å². The Morgan fingerprint density at radius 2 is 2.50 bits per heavy atom. The Morgan fingerprint density at radius 1 is 1.56 bits per heavy atom. The van der Waals surface area contributed by atoms with E-state index < -0.39 is 0 Å². The fourth-order valence-corrected chi connectivity index (χ4v) is 2.20. The van der Waals surface area contributed by atoms with E-state index >= 15 is 0 Å². The molecular formula is C13H21NO2. The number of furan rings is 1. The van der Waals surface area contributed by atoms with Gasteiger partial charge in [0.25, 0.3) is 0 Å². The molecule has 2 atom stereocenters. The van der Waals surface area contributed by atoms with Gasteiger partial charge in [-0.1, -0.05) is 6.92 Å². The van der Waals surface area contributed by atoms with Gasteiger partial charge in [0, 0.05) is 6.61 Å². The average Bonchev–Trinajstić information content (AvgIpc) is 2.96. The minimum absolute atomic E-state index is 0.304. The fourth-order valence-electron chi connectivity index (χ4n) is 2.20. The summed E-state index contributed by atoms with van der Waals surface area (Å²) in [5.41, 5.74) is 0. The molecule has 0 amide bonds. The molecule has 0 spiro atoms. The van der Waals surface area contributed by atoms with Gasteiger partial charge in [-0.25, -0.2) is 0 Å². The maximum Gasteiger partial charge on any atom is 0.120 e. The van der Waals surface area contributed by atoms with Crippen LogP contribution in [0.5, 0.6) is 0 Å². The summed E-state index contributed by atoms with van der Waals surface area (Å²) in [6.07, 6.45) is 6.69. The minimum atomic E-state index is 0.304. The average molecular weight is 223 g/mol. The molecule has 1 aromatic rings. The van der Waals surface area contributed by atoms with Crippen LogP contribution in [0.15, 0.2) is 22.8 Å². The summed E-state index contributed by atoms with van der Waals surface area (Å²) in [7, 11) is 0. The molecule has 3 nitrogen and oxygen atoms in total. The van der Waals surface area contributed by atoms with Gasteiger partial charge < -0.3 is 14.5 Å². The Balaban J connectivity index is 1.91. The molecule has 1 aromatic heterocycles. The van der Waals surface area contributed by atoms with Crippen LogP contribution in [0.2, 0.25) is 0 Å². The minimum Gasteiger partial charge on any atom is -0.468 e. The molecule has 2 unspecified atom stereocenters. The van der Waals surface area contributed by atoms with Gasteiger partial charge in [0.15, 0.2) is 0 Å². The molecule has 16 heavy (non-hydrogen) atoms. The molecule has 2 rings (SSSR count). The van der Waals surface area contributed by atoms with Crippen molar-refractivity contribution in [3.8, 4) is 0 Å². The summed E-state index contributed by atoms with van der Waals surface area (Å²) in [6, 6.07) is 4.30. The van der Waals surface area contributed by atoms with E-state index in [2.05, 4.69) is 12.2 Å². The number of ether oxygens (including phenoxy) is 1. The van der Waals surface area contributed by atoms with Gasteiger partial charge in [-0.3, -0.25) is 0 Å². The lowest BCUT2D eigenvalue weighted by Gasteiger charge is -2.19. The van der Waals surface area contributed by atoms with Crippen molar-refractivity contribution in [2.75, 3.05) is 13.2 Å². The largest absolute Gasteiger partial charge is 0.468 e. The summed E-state index contributed by atoms with van der Waals surface area (Å²) in [6.45, 7) is 4.12. The number of hydrogen-bond acceptors (Lipinski definition) is 3. The molecule has 1 saturated heterocycles. The van der Waals surface area contributed by atoms with E-state index in [1.807, 2.05) is 12.1 Å². The molecule has 0 radical (unpaired) electrons. The second-order valence-corrected chi connectivity index (χ2v) is 4.39. The van der Waals surface area contributed by atoms with Crippen molar-refractivity contribution in [1.29, 1.82) is 0 Å². The van der Waals surface area contributed by atoms with Crippen molar-refractivity contribution >= 4 is 0 Å². The normalized spacial score (nSPS) is 22.4. The van der Waals surface area contributed by atoms with Gasteiger partial charge in [0.2, 0.25) is 0 Å². The summed E-state index contributed by atoms with van der Waals surface area (Å²) in [4.78, 5) is 0. The lowest BCUT2D eigenvalue weighted by atomic mass is 10.0. The Morgan fingerprint density at radius 3 is 3.12 bits per heavy atom. The molecule has 2 heterocycles. The van der Waals surface area contributed by atoms with Crippen molar-refractivity contribution in [2.24, 2.45) is 0 Å². The molecule has 1 aliphatic rings. The molecule has 0 bridgehead atoms. The van der Waals surface area contributed by atoms with Crippen LogP contribution < -0.4 is 5.32 Å². The summed E-state index contributed by atoms with van der Waals surface area (Å²) < 4.78 is 11.2. The van der Waals surface area contributed by atoms with Crippen LogP contribution >= 0.6 is 0 Å². The van der Waals surface area contributed by atoms with E-state index in [4.69, 9.17) is 9.15 Å². The highest BCUT2D eigenvalue weighted by Crippen LogP contribution is 2.25. The van der Waals surface area contributed by atoms with Crippen LogP contribution in [0.4, 0.5) is 0 Å². The van der Waals surface area contributed by atoms with Crippen LogP contribution in [0.25, 0.3) is 0 Å². The zero-order valence-corrected chi connectivity index (χ0v) is 9.95. The standard InChI is InChI=1S/C13H21NO2/c1-2-7-14-12(13-6-4-9-16-13)10-11-5-3-8-15-11/h4,6,9,11-12,14H,2-3,5,7-8,10H2,1H3. The lowest BCUT2D eigenvalue weighted by molar-refractivity contribution is 0.0920. The van der Waals surface area contributed by atoms with Gasteiger partial charge in [-0.05, 0) is 44.4 Å². The van der Waals surface area contributed by atoms with Gasteiger partial charge in [0.1, 0.15) is 5.76 Å². The zero-order chi connectivity index (χ0) is 11.2. The molecule has 0 aliphatic carbocycles. The highest BCUT2D eigenvalue weighted by Gasteiger charge is 2.22. The Kier molecular flexibility index (Phi) is 4.43.